The van der Waals surface area contributed by atoms with Crippen LogP contribution in [0.15, 0.2) is 6.33 Å². The molecule has 0 radical (unpaired) electrons. The molecule has 0 aliphatic carbocycles. The second-order valence-corrected chi connectivity index (χ2v) is 4.12. The predicted molar refractivity (Wildman–Crippen MR) is 60.0 cm³/mol. The van der Waals surface area contributed by atoms with Gasteiger partial charge in [-0.05, 0) is 12.3 Å². The van der Waals surface area contributed by atoms with Crippen LogP contribution < -0.4 is 11.3 Å². The molecule has 0 aromatic carbocycles. The Morgan fingerprint density at radius 1 is 1.53 bits per heavy atom. The van der Waals surface area contributed by atoms with E-state index in [4.69, 9.17) is 5.84 Å². The lowest BCUT2D eigenvalue weighted by Gasteiger charge is -2.19. The molecule has 5 nitrogen and oxygen atoms in total. The van der Waals surface area contributed by atoms with Crippen molar-refractivity contribution in [2.24, 2.45) is 11.8 Å². The molecule has 1 aromatic heterocycles. The first-order chi connectivity index (χ1) is 7.19. The lowest BCUT2D eigenvalue weighted by atomic mass is 10.0. The van der Waals surface area contributed by atoms with E-state index in [1.54, 1.807) is 6.33 Å². The van der Waals surface area contributed by atoms with Crippen LogP contribution in [0.25, 0.3) is 0 Å². The Morgan fingerprint density at radius 2 is 2.27 bits per heavy atom. The third-order valence-electron chi connectivity index (χ3n) is 2.55. The van der Waals surface area contributed by atoms with Gasteiger partial charge in [0.25, 0.3) is 0 Å². The minimum Gasteiger partial charge on any atom is -0.271 e. The maximum absolute atomic E-state index is 5.51. The van der Waals surface area contributed by atoms with Gasteiger partial charge in [-0.15, -0.1) is 0 Å². The summed E-state index contributed by atoms with van der Waals surface area (Å²) in [6, 6.07) is 0.254. The van der Waals surface area contributed by atoms with E-state index in [9.17, 15) is 0 Å². The van der Waals surface area contributed by atoms with Gasteiger partial charge in [0.15, 0.2) is 0 Å². The average molecular weight is 211 g/mol. The molecule has 0 amide bonds. The van der Waals surface area contributed by atoms with Crippen LogP contribution in [0, 0.1) is 5.92 Å². The summed E-state index contributed by atoms with van der Waals surface area (Å²) in [7, 11) is 0. The third-order valence-corrected chi connectivity index (χ3v) is 2.55. The standard InChI is InChI=1S/C10H21N5/c1-4-5-15-10(12-7-13-15)6-9(14-11)8(2)3/h7-9,14H,4-6,11H2,1-3H3. The van der Waals surface area contributed by atoms with Crippen molar-refractivity contribution in [1.29, 1.82) is 0 Å². The third kappa shape index (κ3) is 3.28. The van der Waals surface area contributed by atoms with E-state index < -0.39 is 0 Å². The molecule has 5 heteroatoms. The number of hydrogen-bond donors (Lipinski definition) is 2. The summed E-state index contributed by atoms with van der Waals surface area (Å²) in [5, 5.41) is 4.19. The number of hydrazine groups is 1. The molecule has 1 aromatic rings. The summed E-state index contributed by atoms with van der Waals surface area (Å²) in [6.45, 7) is 7.34. The molecule has 3 N–H and O–H groups in total. The average Bonchev–Trinajstić information content (AvgIpc) is 2.62. The molecule has 1 unspecified atom stereocenters. The summed E-state index contributed by atoms with van der Waals surface area (Å²) < 4.78 is 1.95. The molecule has 0 fully saturated rings. The summed E-state index contributed by atoms with van der Waals surface area (Å²) in [6.07, 6.45) is 3.51. The van der Waals surface area contributed by atoms with Gasteiger partial charge in [0.1, 0.15) is 12.2 Å². The fraction of sp³-hybridized carbons (Fsp3) is 0.800. The van der Waals surface area contributed by atoms with Crippen LogP contribution >= 0.6 is 0 Å². The van der Waals surface area contributed by atoms with Crippen molar-refractivity contribution in [2.75, 3.05) is 0 Å². The maximum atomic E-state index is 5.51. The normalized spacial score (nSPS) is 13.4. The van der Waals surface area contributed by atoms with Crippen LogP contribution in [0.4, 0.5) is 0 Å². The largest absolute Gasteiger partial charge is 0.271 e. The Kier molecular flexibility index (Phi) is 4.71. The minimum atomic E-state index is 0.254. The maximum Gasteiger partial charge on any atom is 0.138 e. The quantitative estimate of drug-likeness (QED) is 0.537. The zero-order valence-electron chi connectivity index (χ0n) is 9.77. The molecule has 1 rings (SSSR count). The first-order valence-corrected chi connectivity index (χ1v) is 5.51. The molecule has 0 bridgehead atoms. The van der Waals surface area contributed by atoms with Crippen molar-refractivity contribution in [2.45, 2.75) is 46.2 Å². The second-order valence-electron chi connectivity index (χ2n) is 4.12. The number of aromatic nitrogens is 3. The van der Waals surface area contributed by atoms with Gasteiger partial charge in [0, 0.05) is 19.0 Å². The number of nitrogens with one attached hydrogen (secondary N) is 1. The van der Waals surface area contributed by atoms with E-state index in [0.717, 1.165) is 25.2 Å². The van der Waals surface area contributed by atoms with Gasteiger partial charge in [0.2, 0.25) is 0 Å². The number of rotatable bonds is 6. The van der Waals surface area contributed by atoms with Crippen LogP contribution in [0.1, 0.15) is 33.0 Å². The molecule has 15 heavy (non-hydrogen) atoms. The van der Waals surface area contributed by atoms with Crippen molar-refractivity contribution < 1.29 is 0 Å². The Bertz CT molecular complexity index is 281. The fourth-order valence-electron chi connectivity index (χ4n) is 1.53. The Labute approximate surface area is 91.0 Å². The minimum absolute atomic E-state index is 0.254. The van der Waals surface area contributed by atoms with Crippen molar-refractivity contribution in [3.8, 4) is 0 Å². The molecule has 1 atom stereocenters. The number of nitrogens with two attached hydrogens (primary N) is 1. The number of hydrogen-bond acceptors (Lipinski definition) is 4. The van der Waals surface area contributed by atoms with Gasteiger partial charge in [-0.3, -0.25) is 16.0 Å². The molecular weight excluding hydrogens is 190 g/mol. The van der Waals surface area contributed by atoms with Crippen LogP contribution in [-0.4, -0.2) is 20.8 Å². The monoisotopic (exact) mass is 211 g/mol. The van der Waals surface area contributed by atoms with Crippen molar-refractivity contribution >= 4 is 0 Å². The predicted octanol–water partition coefficient (Wildman–Crippen LogP) is 0.718. The van der Waals surface area contributed by atoms with Crippen LogP contribution in [-0.2, 0) is 13.0 Å². The summed E-state index contributed by atoms with van der Waals surface area (Å²) in [5.74, 6) is 7.00. The first-order valence-electron chi connectivity index (χ1n) is 5.51. The van der Waals surface area contributed by atoms with E-state index in [2.05, 4.69) is 36.3 Å². The lowest BCUT2D eigenvalue weighted by molar-refractivity contribution is 0.389. The fourth-order valence-corrected chi connectivity index (χ4v) is 1.53. The molecule has 86 valence electrons. The smallest absolute Gasteiger partial charge is 0.138 e. The Balaban J connectivity index is 2.65. The topological polar surface area (TPSA) is 68.8 Å². The van der Waals surface area contributed by atoms with E-state index in [1.807, 2.05) is 4.68 Å². The van der Waals surface area contributed by atoms with E-state index in [-0.39, 0.29) is 6.04 Å². The van der Waals surface area contributed by atoms with Gasteiger partial charge in [0.05, 0.1) is 0 Å². The summed E-state index contributed by atoms with van der Waals surface area (Å²) in [5.41, 5.74) is 2.83. The SMILES string of the molecule is CCCn1ncnc1CC(NN)C(C)C. The van der Waals surface area contributed by atoms with Crippen molar-refractivity contribution in [3.63, 3.8) is 0 Å². The molecule has 0 saturated carbocycles. The van der Waals surface area contributed by atoms with E-state index in [1.165, 1.54) is 0 Å². The van der Waals surface area contributed by atoms with Crippen molar-refractivity contribution in [1.82, 2.24) is 20.2 Å². The van der Waals surface area contributed by atoms with Gasteiger partial charge in [-0.25, -0.2) is 4.98 Å². The van der Waals surface area contributed by atoms with Gasteiger partial charge in [-0.1, -0.05) is 20.8 Å². The molecule has 0 spiro atoms. The highest BCUT2D eigenvalue weighted by Gasteiger charge is 2.15. The zero-order valence-corrected chi connectivity index (χ0v) is 9.77. The molecule has 0 aliphatic heterocycles. The van der Waals surface area contributed by atoms with E-state index >= 15 is 0 Å². The number of aryl methyl sites for hydroxylation is 1. The van der Waals surface area contributed by atoms with E-state index in [0.29, 0.717) is 5.92 Å². The molecule has 1 heterocycles. The van der Waals surface area contributed by atoms with Gasteiger partial charge >= 0.3 is 0 Å². The van der Waals surface area contributed by atoms with Gasteiger partial charge in [-0.2, -0.15) is 5.10 Å². The first kappa shape index (κ1) is 12.1. The highest BCUT2D eigenvalue weighted by atomic mass is 15.3. The summed E-state index contributed by atoms with van der Waals surface area (Å²) in [4.78, 5) is 4.26. The van der Waals surface area contributed by atoms with Crippen LogP contribution in [0.3, 0.4) is 0 Å². The summed E-state index contributed by atoms with van der Waals surface area (Å²) >= 11 is 0. The molecule has 0 saturated heterocycles. The highest BCUT2D eigenvalue weighted by Crippen LogP contribution is 2.07. The molecule has 0 aliphatic rings. The van der Waals surface area contributed by atoms with Crippen LogP contribution in [0.2, 0.25) is 0 Å². The Morgan fingerprint density at radius 3 is 2.80 bits per heavy atom. The van der Waals surface area contributed by atoms with Crippen molar-refractivity contribution in [3.05, 3.63) is 12.2 Å². The zero-order chi connectivity index (χ0) is 11.3. The second kappa shape index (κ2) is 5.82. The molecular formula is C10H21N5. The van der Waals surface area contributed by atoms with Crippen LogP contribution in [0.5, 0.6) is 0 Å². The number of nitrogens with zero attached hydrogens (tertiary/aromatic N) is 3. The Hall–Kier alpha value is -0.940. The lowest BCUT2D eigenvalue weighted by Crippen LogP contribution is -2.41. The van der Waals surface area contributed by atoms with Gasteiger partial charge < -0.3 is 0 Å². The highest BCUT2D eigenvalue weighted by molar-refractivity contribution is 4.90.